The lowest BCUT2D eigenvalue weighted by Gasteiger charge is -2.31. The minimum absolute atomic E-state index is 0.0151. The first-order valence-corrected chi connectivity index (χ1v) is 10.9. The largest absolute Gasteiger partial charge is 0.384 e. The summed E-state index contributed by atoms with van der Waals surface area (Å²) in [7, 11) is -1.76. The molecule has 150 valence electrons. The van der Waals surface area contributed by atoms with Gasteiger partial charge in [-0.25, -0.2) is 17.1 Å². The molecule has 1 aliphatic heterocycles. The Kier molecular flexibility index (Phi) is 5.22. The Morgan fingerprint density at radius 3 is 2.86 bits per heavy atom. The van der Waals surface area contributed by atoms with Crippen LogP contribution in [-0.2, 0) is 14.8 Å². The van der Waals surface area contributed by atoms with Gasteiger partial charge in [0.05, 0.1) is 24.6 Å². The number of halogens is 1. The first-order chi connectivity index (χ1) is 13.5. The fourth-order valence-corrected chi connectivity index (χ4v) is 5.12. The fraction of sp³-hybridized carbons (Fsp3) is 0.421. The molecule has 3 aromatic rings. The van der Waals surface area contributed by atoms with Gasteiger partial charge in [0.1, 0.15) is 5.82 Å². The van der Waals surface area contributed by atoms with Crippen LogP contribution in [0, 0.1) is 5.82 Å². The lowest BCUT2D eigenvalue weighted by Crippen LogP contribution is -2.41. The first kappa shape index (κ1) is 19.1. The predicted molar refractivity (Wildman–Crippen MR) is 105 cm³/mol. The van der Waals surface area contributed by atoms with E-state index in [4.69, 9.17) is 4.74 Å². The van der Waals surface area contributed by atoms with Crippen LogP contribution in [0.1, 0.15) is 18.9 Å². The Labute approximate surface area is 163 Å². The van der Waals surface area contributed by atoms with Crippen LogP contribution >= 0.6 is 0 Å². The van der Waals surface area contributed by atoms with Crippen LogP contribution in [0.5, 0.6) is 0 Å². The monoisotopic (exact) mass is 406 g/mol. The number of nitrogens with zero attached hydrogens (tertiary/aromatic N) is 3. The molecule has 0 spiro atoms. The number of methoxy groups -OCH3 is 1. The standard InChI is InChI=1S/C19H23FN4O3S/c1-27-8-9-28(25,26)23-6-4-16(5-7-23)24-13-14(11-22-24)18-12-21-19-10-15(20)2-3-17(18)19/h2-3,10-13,16,21H,4-9H2,1H3. The molecule has 28 heavy (non-hydrogen) atoms. The number of hydrogen-bond donors (Lipinski definition) is 1. The molecule has 9 heteroatoms. The number of aromatic amines is 1. The van der Waals surface area contributed by atoms with Crippen molar-refractivity contribution in [3.63, 3.8) is 0 Å². The van der Waals surface area contributed by atoms with Gasteiger partial charge in [0.25, 0.3) is 0 Å². The summed E-state index contributed by atoms with van der Waals surface area (Å²) >= 11 is 0. The highest BCUT2D eigenvalue weighted by Gasteiger charge is 2.28. The summed E-state index contributed by atoms with van der Waals surface area (Å²) in [6, 6.07) is 4.84. The maximum absolute atomic E-state index is 13.4. The van der Waals surface area contributed by atoms with E-state index in [1.54, 1.807) is 16.6 Å². The van der Waals surface area contributed by atoms with E-state index < -0.39 is 10.0 Å². The average molecular weight is 406 g/mol. The maximum atomic E-state index is 13.4. The van der Waals surface area contributed by atoms with Gasteiger partial charge in [0.2, 0.25) is 10.0 Å². The Hall–Kier alpha value is -2.23. The zero-order valence-electron chi connectivity index (χ0n) is 15.6. The van der Waals surface area contributed by atoms with Crippen molar-refractivity contribution < 1.29 is 17.5 Å². The quantitative estimate of drug-likeness (QED) is 0.683. The molecule has 2 aromatic heterocycles. The first-order valence-electron chi connectivity index (χ1n) is 9.26. The van der Waals surface area contributed by atoms with Crippen molar-refractivity contribution in [2.75, 3.05) is 32.6 Å². The maximum Gasteiger partial charge on any atom is 0.216 e. The number of ether oxygens (including phenoxy) is 1. The lowest BCUT2D eigenvalue weighted by atomic mass is 10.1. The third-order valence-electron chi connectivity index (χ3n) is 5.29. The normalized spacial score (nSPS) is 16.8. The number of rotatable bonds is 6. The van der Waals surface area contributed by atoms with E-state index in [2.05, 4.69) is 10.1 Å². The number of benzene rings is 1. The van der Waals surface area contributed by atoms with Crippen LogP contribution in [0.3, 0.4) is 0 Å². The van der Waals surface area contributed by atoms with Gasteiger partial charge < -0.3 is 9.72 Å². The molecule has 3 heterocycles. The van der Waals surface area contributed by atoms with Gasteiger partial charge >= 0.3 is 0 Å². The molecule has 1 fully saturated rings. The average Bonchev–Trinajstić information content (AvgIpc) is 3.33. The van der Waals surface area contributed by atoms with Gasteiger partial charge in [-0.1, -0.05) is 0 Å². The molecule has 1 saturated heterocycles. The molecule has 0 radical (unpaired) electrons. The molecule has 1 N–H and O–H groups in total. The lowest BCUT2D eigenvalue weighted by molar-refractivity contribution is 0.212. The number of aromatic nitrogens is 3. The summed E-state index contributed by atoms with van der Waals surface area (Å²) in [5.74, 6) is -0.259. The minimum atomic E-state index is -3.27. The van der Waals surface area contributed by atoms with Gasteiger partial charge in [0, 0.05) is 54.6 Å². The number of nitrogens with one attached hydrogen (secondary N) is 1. The number of sulfonamides is 1. The van der Waals surface area contributed by atoms with Crippen molar-refractivity contribution in [2.45, 2.75) is 18.9 Å². The van der Waals surface area contributed by atoms with E-state index in [1.807, 2.05) is 17.1 Å². The molecule has 0 atom stereocenters. The van der Waals surface area contributed by atoms with E-state index in [-0.39, 0.29) is 24.2 Å². The van der Waals surface area contributed by atoms with Crippen molar-refractivity contribution in [3.05, 3.63) is 42.6 Å². The summed E-state index contributed by atoms with van der Waals surface area (Å²) < 4.78 is 46.3. The van der Waals surface area contributed by atoms with E-state index in [1.165, 1.54) is 19.2 Å². The van der Waals surface area contributed by atoms with Crippen molar-refractivity contribution in [1.82, 2.24) is 19.1 Å². The summed E-state index contributed by atoms with van der Waals surface area (Å²) in [6.45, 7) is 1.18. The molecule has 0 bridgehead atoms. The minimum Gasteiger partial charge on any atom is -0.384 e. The fourth-order valence-electron chi connectivity index (χ4n) is 3.72. The van der Waals surface area contributed by atoms with E-state index in [0.29, 0.717) is 25.9 Å². The topological polar surface area (TPSA) is 80.2 Å². The smallest absolute Gasteiger partial charge is 0.216 e. The second-order valence-electron chi connectivity index (χ2n) is 7.04. The third kappa shape index (κ3) is 3.69. The molecular weight excluding hydrogens is 383 g/mol. The highest BCUT2D eigenvalue weighted by atomic mass is 32.2. The predicted octanol–water partition coefficient (Wildman–Crippen LogP) is 2.78. The molecular formula is C19H23FN4O3S. The van der Waals surface area contributed by atoms with Gasteiger partial charge in [-0.3, -0.25) is 4.68 Å². The van der Waals surface area contributed by atoms with E-state index >= 15 is 0 Å². The van der Waals surface area contributed by atoms with Crippen molar-refractivity contribution in [1.29, 1.82) is 0 Å². The Morgan fingerprint density at radius 2 is 2.11 bits per heavy atom. The molecule has 7 nitrogen and oxygen atoms in total. The number of H-pyrrole nitrogens is 1. The zero-order chi connectivity index (χ0) is 19.7. The van der Waals surface area contributed by atoms with Crippen LogP contribution in [0.15, 0.2) is 36.8 Å². The number of fused-ring (bicyclic) bond motifs is 1. The molecule has 0 saturated carbocycles. The second-order valence-corrected chi connectivity index (χ2v) is 9.13. The van der Waals surface area contributed by atoms with E-state index in [9.17, 15) is 12.8 Å². The zero-order valence-corrected chi connectivity index (χ0v) is 16.5. The van der Waals surface area contributed by atoms with Gasteiger partial charge in [-0.2, -0.15) is 5.10 Å². The Balaban J connectivity index is 1.47. The molecule has 1 aliphatic rings. The van der Waals surface area contributed by atoms with Crippen LogP contribution in [-0.4, -0.2) is 60.0 Å². The molecule has 1 aromatic carbocycles. The highest BCUT2D eigenvalue weighted by molar-refractivity contribution is 7.89. The van der Waals surface area contributed by atoms with Crippen LogP contribution < -0.4 is 0 Å². The van der Waals surface area contributed by atoms with Gasteiger partial charge in [-0.05, 0) is 31.0 Å². The van der Waals surface area contributed by atoms with Gasteiger partial charge in [0.15, 0.2) is 0 Å². The Morgan fingerprint density at radius 1 is 1.32 bits per heavy atom. The molecule has 4 rings (SSSR count). The SMILES string of the molecule is COCCS(=O)(=O)N1CCC(n2cc(-c3c[nH]c4cc(F)ccc34)cn2)CC1. The van der Waals surface area contributed by atoms with Crippen molar-refractivity contribution in [3.8, 4) is 11.1 Å². The van der Waals surface area contributed by atoms with Gasteiger partial charge in [-0.15, -0.1) is 0 Å². The van der Waals surface area contributed by atoms with Crippen LogP contribution in [0.25, 0.3) is 22.0 Å². The van der Waals surface area contributed by atoms with Crippen molar-refractivity contribution >= 4 is 20.9 Å². The second kappa shape index (κ2) is 7.65. The summed E-state index contributed by atoms with van der Waals surface area (Å²) in [5, 5.41) is 5.44. The van der Waals surface area contributed by atoms with Crippen LogP contribution in [0.2, 0.25) is 0 Å². The summed E-state index contributed by atoms with van der Waals surface area (Å²) in [6.07, 6.45) is 7.06. The third-order valence-corrected chi connectivity index (χ3v) is 7.13. The summed E-state index contributed by atoms with van der Waals surface area (Å²) in [4.78, 5) is 3.09. The number of hydrogen-bond acceptors (Lipinski definition) is 4. The Bertz CT molecular complexity index is 1070. The summed E-state index contributed by atoms with van der Waals surface area (Å²) in [5.41, 5.74) is 2.67. The highest BCUT2D eigenvalue weighted by Crippen LogP contribution is 2.31. The molecule has 0 aliphatic carbocycles. The van der Waals surface area contributed by atoms with E-state index in [0.717, 1.165) is 22.0 Å². The van der Waals surface area contributed by atoms with Crippen molar-refractivity contribution in [2.24, 2.45) is 0 Å². The molecule has 0 unspecified atom stereocenters. The molecule has 0 amide bonds. The number of piperidine rings is 1. The van der Waals surface area contributed by atoms with Crippen LogP contribution in [0.4, 0.5) is 4.39 Å².